The fourth-order valence-electron chi connectivity index (χ4n) is 4.27. The topological polar surface area (TPSA) is 71.9 Å². The first kappa shape index (κ1) is 22.8. The number of pyridine rings is 1. The van der Waals surface area contributed by atoms with E-state index in [4.69, 9.17) is 14.5 Å². The molecule has 1 aromatic heterocycles. The maximum atomic E-state index is 12.3. The molecule has 33 heavy (non-hydrogen) atoms. The molecule has 0 atom stereocenters. The smallest absolute Gasteiger partial charge is 0.336 e. The number of benzene rings is 2. The highest BCUT2D eigenvalue weighted by molar-refractivity contribution is 6.06. The summed E-state index contributed by atoms with van der Waals surface area (Å²) >= 11 is 0. The number of unbranched alkanes of at least 4 members (excludes halogenated alkanes) is 1. The standard InChI is InChI=1S/C27H30N2O4/c1-4-6-13-33-24-15-18(11-12-23(24)32-3)14-19-16-29(5-2)17-21-25(27(30)31)20-9-7-8-10-22(20)28-26(19)21/h7-12,14-15H,4-6,13,16-17H2,1-3H3,(H,30,31)/b19-14+. The number of methoxy groups -OCH3 is 1. The van der Waals surface area contributed by atoms with Gasteiger partial charge in [-0.3, -0.25) is 4.90 Å². The quantitative estimate of drug-likeness (QED) is 0.461. The van der Waals surface area contributed by atoms with Crippen LogP contribution in [0.4, 0.5) is 0 Å². The van der Waals surface area contributed by atoms with Crippen molar-refractivity contribution in [2.24, 2.45) is 0 Å². The lowest BCUT2D eigenvalue weighted by molar-refractivity contribution is 0.0696. The molecule has 0 radical (unpaired) electrons. The Kier molecular flexibility index (Phi) is 6.94. The van der Waals surface area contributed by atoms with Gasteiger partial charge in [-0.1, -0.05) is 44.5 Å². The average Bonchev–Trinajstić information content (AvgIpc) is 2.82. The van der Waals surface area contributed by atoms with E-state index in [9.17, 15) is 9.90 Å². The van der Waals surface area contributed by atoms with Crippen molar-refractivity contribution in [3.63, 3.8) is 0 Å². The lowest BCUT2D eigenvalue weighted by Crippen LogP contribution is -2.31. The van der Waals surface area contributed by atoms with Gasteiger partial charge in [-0.05, 0) is 48.4 Å². The van der Waals surface area contributed by atoms with Crippen LogP contribution in [0.5, 0.6) is 11.5 Å². The molecule has 0 saturated heterocycles. The first-order chi connectivity index (χ1) is 16.0. The van der Waals surface area contributed by atoms with Crippen molar-refractivity contribution < 1.29 is 19.4 Å². The molecule has 172 valence electrons. The summed E-state index contributed by atoms with van der Waals surface area (Å²) in [5.74, 6) is 0.490. The third-order valence-electron chi connectivity index (χ3n) is 6.02. The maximum Gasteiger partial charge on any atom is 0.336 e. The monoisotopic (exact) mass is 446 g/mol. The zero-order valence-electron chi connectivity index (χ0n) is 19.4. The van der Waals surface area contributed by atoms with E-state index in [1.807, 2.05) is 42.5 Å². The molecule has 1 aliphatic rings. The van der Waals surface area contributed by atoms with Gasteiger partial charge < -0.3 is 14.6 Å². The number of aromatic nitrogens is 1. The molecule has 0 amide bonds. The first-order valence-electron chi connectivity index (χ1n) is 11.4. The molecule has 4 rings (SSSR count). The normalized spacial score (nSPS) is 14.9. The zero-order valence-corrected chi connectivity index (χ0v) is 19.4. The van der Waals surface area contributed by atoms with Gasteiger partial charge in [-0.25, -0.2) is 9.78 Å². The van der Waals surface area contributed by atoms with Gasteiger partial charge in [0, 0.05) is 24.0 Å². The summed E-state index contributed by atoms with van der Waals surface area (Å²) in [6.45, 7) is 6.93. The van der Waals surface area contributed by atoms with E-state index in [0.717, 1.165) is 41.8 Å². The summed E-state index contributed by atoms with van der Waals surface area (Å²) in [6, 6.07) is 13.3. The van der Waals surface area contributed by atoms with E-state index in [2.05, 4.69) is 24.8 Å². The Labute approximate surface area is 194 Å². The Balaban J connectivity index is 1.84. The highest BCUT2D eigenvalue weighted by Gasteiger charge is 2.28. The van der Waals surface area contributed by atoms with Crippen molar-refractivity contribution in [3.05, 3.63) is 64.8 Å². The van der Waals surface area contributed by atoms with E-state index < -0.39 is 5.97 Å². The van der Waals surface area contributed by atoms with Gasteiger partial charge in [0.05, 0.1) is 30.5 Å². The van der Waals surface area contributed by atoms with Gasteiger partial charge in [0.1, 0.15) is 0 Å². The SMILES string of the molecule is CCCCOc1cc(/C=C2\CN(CC)Cc3c2nc2ccccc2c3C(=O)O)ccc1OC. The highest BCUT2D eigenvalue weighted by Crippen LogP contribution is 2.35. The molecule has 0 bridgehead atoms. The van der Waals surface area contributed by atoms with E-state index in [1.54, 1.807) is 7.11 Å². The second kappa shape index (κ2) is 10.0. The average molecular weight is 447 g/mol. The number of fused-ring (bicyclic) bond motifs is 2. The van der Waals surface area contributed by atoms with Gasteiger partial charge in [-0.2, -0.15) is 0 Å². The fourth-order valence-corrected chi connectivity index (χ4v) is 4.27. The van der Waals surface area contributed by atoms with Crippen LogP contribution in [0.2, 0.25) is 0 Å². The first-order valence-corrected chi connectivity index (χ1v) is 11.4. The lowest BCUT2D eigenvalue weighted by Gasteiger charge is -2.30. The number of carboxylic acids is 1. The van der Waals surface area contributed by atoms with Crippen LogP contribution >= 0.6 is 0 Å². The molecule has 6 heteroatoms. The number of rotatable bonds is 8. The molecule has 1 aliphatic heterocycles. The van der Waals surface area contributed by atoms with Crippen molar-refractivity contribution in [1.82, 2.24) is 9.88 Å². The number of likely N-dealkylation sites (N-methyl/N-ethyl adjacent to an activating group) is 1. The molecule has 0 spiro atoms. The minimum Gasteiger partial charge on any atom is -0.493 e. The molecule has 0 fully saturated rings. The molecular weight excluding hydrogens is 416 g/mol. The van der Waals surface area contributed by atoms with E-state index >= 15 is 0 Å². The number of hydrogen-bond donors (Lipinski definition) is 1. The zero-order chi connectivity index (χ0) is 23.4. The van der Waals surface area contributed by atoms with Crippen LogP contribution < -0.4 is 9.47 Å². The summed E-state index contributed by atoms with van der Waals surface area (Å²) in [5, 5.41) is 10.8. The molecule has 3 aromatic rings. The van der Waals surface area contributed by atoms with Gasteiger partial charge >= 0.3 is 5.97 Å². The van der Waals surface area contributed by atoms with Crippen LogP contribution in [0.25, 0.3) is 22.6 Å². The Bertz CT molecular complexity index is 1200. The molecule has 1 N–H and O–H groups in total. The number of ether oxygens (including phenoxy) is 2. The summed E-state index contributed by atoms with van der Waals surface area (Å²) in [4.78, 5) is 19.4. The van der Waals surface area contributed by atoms with Crippen LogP contribution in [0.3, 0.4) is 0 Å². The highest BCUT2D eigenvalue weighted by atomic mass is 16.5. The number of para-hydroxylation sites is 1. The van der Waals surface area contributed by atoms with Crippen LogP contribution in [-0.2, 0) is 6.54 Å². The maximum absolute atomic E-state index is 12.3. The van der Waals surface area contributed by atoms with E-state index in [1.165, 1.54) is 0 Å². The van der Waals surface area contributed by atoms with Crippen molar-refractivity contribution in [2.75, 3.05) is 26.8 Å². The van der Waals surface area contributed by atoms with Crippen LogP contribution in [-0.4, -0.2) is 47.8 Å². The van der Waals surface area contributed by atoms with Crippen molar-refractivity contribution in [3.8, 4) is 11.5 Å². The molecule has 0 unspecified atom stereocenters. The summed E-state index contributed by atoms with van der Waals surface area (Å²) in [5.41, 5.74) is 4.54. The van der Waals surface area contributed by atoms with E-state index in [0.29, 0.717) is 47.7 Å². The van der Waals surface area contributed by atoms with Crippen LogP contribution in [0.1, 0.15) is 53.9 Å². The fraction of sp³-hybridized carbons (Fsp3) is 0.333. The third-order valence-corrected chi connectivity index (χ3v) is 6.02. The Hall–Kier alpha value is -3.38. The Morgan fingerprint density at radius 3 is 2.70 bits per heavy atom. The lowest BCUT2D eigenvalue weighted by atomic mass is 9.92. The molecule has 6 nitrogen and oxygen atoms in total. The number of hydrogen-bond acceptors (Lipinski definition) is 5. The summed E-state index contributed by atoms with van der Waals surface area (Å²) in [6.07, 6.45) is 4.11. The Morgan fingerprint density at radius 1 is 1.15 bits per heavy atom. The van der Waals surface area contributed by atoms with Gasteiger partial charge in [0.15, 0.2) is 11.5 Å². The predicted molar refractivity (Wildman–Crippen MR) is 131 cm³/mol. The van der Waals surface area contributed by atoms with E-state index in [-0.39, 0.29) is 0 Å². The summed E-state index contributed by atoms with van der Waals surface area (Å²) < 4.78 is 11.4. The minimum atomic E-state index is -0.918. The minimum absolute atomic E-state index is 0.345. The number of aromatic carboxylic acids is 1. The van der Waals surface area contributed by atoms with Crippen molar-refractivity contribution in [2.45, 2.75) is 33.2 Å². The number of nitrogens with zero attached hydrogens (tertiary/aromatic N) is 2. The second-order valence-electron chi connectivity index (χ2n) is 8.22. The molecule has 2 heterocycles. The largest absolute Gasteiger partial charge is 0.493 e. The molecule has 2 aromatic carbocycles. The van der Waals surface area contributed by atoms with Gasteiger partial charge in [0.25, 0.3) is 0 Å². The second-order valence-corrected chi connectivity index (χ2v) is 8.22. The molecular formula is C27H30N2O4. The van der Waals surface area contributed by atoms with Crippen molar-refractivity contribution in [1.29, 1.82) is 0 Å². The predicted octanol–water partition coefficient (Wildman–Crippen LogP) is 5.50. The van der Waals surface area contributed by atoms with Crippen LogP contribution in [0.15, 0.2) is 42.5 Å². The van der Waals surface area contributed by atoms with Crippen LogP contribution in [0, 0.1) is 0 Å². The Morgan fingerprint density at radius 2 is 1.97 bits per heavy atom. The van der Waals surface area contributed by atoms with Gasteiger partial charge in [-0.15, -0.1) is 0 Å². The number of carbonyl (C=O) groups is 1. The molecule has 0 saturated carbocycles. The summed E-state index contributed by atoms with van der Waals surface area (Å²) in [7, 11) is 1.64. The van der Waals surface area contributed by atoms with Crippen molar-refractivity contribution >= 4 is 28.5 Å². The van der Waals surface area contributed by atoms with Gasteiger partial charge in [0.2, 0.25) is 0 Å². The third kappa shape index (κ3) is 4.71. The molecule has 0 aliphatic carbocycles. The number of carboxylic acid groups (broad SMARTS) is 1.